The fraction of sp³-hybridized carbons (Fsp3) is 0.0769. The summed E-state index contributed by atoms with van der Waals surface area (Å²) in [4.78, 5) is 12.6. The van der Waals surface area contributed by atoms with Crippen LogP contribution in [0.3, 0.4) is 0 Å². The molecule has 3 aromatic rings. The number of nitrogen functional groups attached to an aromatic ring is 1. The van der Waals surface area contributed by atoms with Crippen molar-refractivity contribution in [3.05, 3.63) is 42.7 Å². The molecule has 0 saturated carbocycles. The van der Waals surface area contributed by atoms with Crippen molar-refractivity contribution < 1.29 is 4.74 Å². The van der Waals surface area contributed by atoms with E-state index in [0.717, 1.165) is 11.3 Å². The lowest BCUT2D eigenvalue weighted by atomic mass is 10.2. The van der Waals surface area contributed by atoms with Crippen molar-refractivity contribution in [1.82, 2.24) is 24.7 Å². The number of rotatable bonds is 3. The molecule has 2 N–H and O–H groups in total. The molecule has 0 bridgehead atoms. The molecule has 0 unspecified atom stereocenters. The van der Waals surface area contributed by atoms with Gasteiger partial charge in [0.2, 0.25) is 5.95 Å². The van der Waals surface area contributed by atoms with Crippen LogP contribution in [0.15, 0.2) is 42.7 Å². The van der Waals surface area contributed by atoms with Gasteiger partial charge < -0.3 is 10.5 Å². The smallest absolute Gasteiger partial charge is 0.255 e. The van der Waals surface area contributed by atoms with Crippen LogP contribution in [0.4, 0.5) is 5.95 Å². The third-order valence-corrected chi connectivity index (χ3v) is 2.70. The molecule has 0 aliphatic heterocycles. The van der Waals surface area contributed by atoms with Crippen molar-refractivity contribution in [2.75, 3.05) is 12.8 Å². The maximum absolute atomic E-state index is 5.73. The Morgan fingerprint density at radius 2 is 1.90 bits per heavy atom. The van der Waals surface area contributed by atoms with E-state index < -0.39 is 0 Å². The van der Waals surface area contributed by atoms with Gasteiger partial charge in [-0.15, -0.1) is 0 Å². The number of nitrogens with two attached hydrogens (primary N) is 1. The molecule has 0 spiro atoms. The van der Waals surface area contributed by atoms with Gasteiger partial charge in [0.25, 0.3) is 5.95 Å². The number of nitrogens with zero attached hydrogens (tertiary/aromatic N) is 5. The molecule has 0 fully saturated rings. The molecule has 7 nitrogen and oxygen atoms in total. The fourth-order valence-corrected chi connectivity index (χ4v) is 1.74. The van der Waals surface area contributed by atoms with E-state index in [2.05, 4.69) is 20.1 Å². The molecule has 2 heterocycles. The Hall–Kier alpha value is -2.96. The van der Waals surface area contributed by atoms with E-state index in [9.17, 15) is 0 Å². The first-order valence-corrected chi connectivity index (χ1v) is 5.92. The third kappa shape index (κ3) is 2.28. The van der Waals surface area contributed by atoms with Crippen LogP contribution in [-0.2, 0) is 0 Å². The van der Waals surface area contributed by atoms with Crippen molar-refractivity contribution in [1.29, 1.82) is 0 Å². The van der Waals surface area contributed by atoms with Gasteiger partial charge in [-0.05, 0) is 30.3 Å². The van der Waals surface area contributed by atoms with E-state index in [-0.39, 0.29) is 5.95 Å². The summed E-state index contributed by atoms with van der Waals surface area (Å²) >= 11 is 0. The van der Waals surface area contributed by atoms with Gasteiger partial charge in [0.15, 0.2) is 5.82 Å². The molecule has 0 radical (unpaired) electrons. The van der Waals surface area contributed by atoms with Gasteiger partial charge >= 0.3 is 0 Å². The number of benzene rings is 1. The van der Waals surface area contributed by atoms with Crippen LogP contribution in [0, 0.1) is 0 Å². The first kappa shape index (κ1) is 12.1. The van der Waals surface area contributed by atoms with Crippen LogP contribution in [0.1, 0.15) is 0 Å². The number of anilines is 1. The molecule has 7 heteroatoms. The van der Waals surface area contributed by atoms with Gasteiger partial charge in [0.05, 0.1) is 7.11 Å². The van der Waals surface area contributed by atoms with Crippen LogP contribution in [0.25, 0.3) is 17.3 Å². The number of ether oxygens (including phenoxy) is 1. The van der Waals surface area contributed by atoms with Crippen LogP contribution in [0.2, 0.25) is 0 Å². The summed E-state index contributed by atoms with van der Waals surface area (Å²) in [5.41, 5.74) is 6.56. The summed E-state index contributed by atoms with van der Waals surface area (Å²) in [6, 6.07) is 9.18. The second kappa shape index (κ2) is 4.96. The molecule has 0 amide bonds. The highest BCUT2D eigenvalue weighted by Crippen LogP contribution is 2.20. The van der Waals surface area contributed by atoms with E-state index in [1.807, 2.05) is 24.3 Å². The average Bonchev–Trinajstić information content (AvgIpc) is 3.01. The van der Waals surface area contributed by atoms with Gasteiger partial charge in [-0.2, -0.15) is 20.1 Å². The Morgan fingerprint density at radius 1 is 1.10 bits per heavy atom. The number of hydrogen-bond acceptors (Lipinski definition) is 6. The molecule has 2 aromatic heterocycles. The third-order valence-electron chi connectivity index (χ3n) is 2.70. The van der Waals surface area contributed by atoms with Crippen molar-refractivity contribution >= 4 is 5.95 Å². The number of hydrogen-bond donors (Lipinski definition) is 1. The average molecular weight is 268 g/mol. The summed E-state index contributed by atoms with van der Waals surface area (Å²) < 4.78 is 6.65. The maximum atomic E-state index is 5.73. The minimum Gasteiger partial charge on any atom is -0.497 e. The molecule has 20 heavy (non-hydrogen) atoms. The van der Waals surface area contributed by atoms with E-state index in [1.165, 1.54) is 4.68 Å². The minimum absolute atomic E-state index is 0.149. The Morgan fingerprint density at radius 3 is 2.55 bits per heavy atom. The largest absolute Gasteiger partial charge is 0.497 e. The molecule has 3 rings (SSSR count). The zero-order valence-electron chi connectivity index (χ0n) is 10.8. The topological polar surface area (TPSA) is 91.7 Å². The van der Waals surface area contributed by atoms with Crippen molar-refractivity contribution in [3.63, 3.8) is 0 Å². The molecule has 0 aliphatic carbocycles. The van der Waals surface area contributed by atoms with Crippen LogP contribution >= 0.6 is 0 Å². The molecule has 0 atom stereocenters. The first-order chi connectivity index (χ1) is 9.76. The fourth-order valence-electron chi connectivity index (χ4n) is 1.74. The summed E-state index contributed by atoms with van der Waals surface area (Å²) in [6.45, 7) is 0. The highest BCUT2D eigenvalue weighted by Gasteiger charge is 2.08. The molecule has 0 aliphatic rings. The highest BCUT2D eigenvalue weighted by atomic mass is 16.5. The van der Waals surface area contributed by atoms with Crippen LogP contribution in [0.5, 0.6) is 5.75 Å². The van der Waals surface area contributed by atoms with E-state index >= 15 is 0 Å². The van der Waals surface area contributed by atoms with Crippen molar-refractivity contribution in [2.45, 2.75) is 0 Å². The predicted molar refractivity (Wildman–Crippen MR) is 73.3 cm³/mol. The summed E-state index contributed by atoms with van der Waals surface area (Å²) in [7, 11) is 1.62. The van der Waals surface area contributed by atoms with Gasteiger partial charge in [0.1, 0.15) is 5.75 Å². The standard InChI is InChI=1S/C13H12N6O/c1-20-10-5-3-9(4-6-10)11-16-12(14)18-13(17-11)19-8-2-7-15-19/h2-8H,1H3,(H2,14,16,17,18). The maximum Gasteiger partial charge on any atom is 0.255 e. The second-order valence-corrected chi connectivity index (χ2v) is 4.00. The molecule has 100 valence electrons. The minimum atomic E-state index is 0.149. The van der Waals surface area contributed by atoms with E-state index in [1.54, 1.807) is 25.6 Å². The second-order valence-electron chi connectivity index (χ2n) is 4.00. The van der Waals surface area contributed by atoms with Crippen LogP contribution in [-0.4, -0.2) is 31.8 Å². The quantitative estimate of drug-likeness (QED) is 0.770. The summed E-state index contributed by atoms with van der Waals surface area (Å²) in [5, 5.41) is 4.08. The monoisotopic (exact) mass is 268 g/mol. The molecular formula is C13H12N6O. The Labute approximate surface area is 115 Å². The van der Waals surface area contributed by atoms with Crippen LogP contribution < -0.4 is 10.5 Å². The Balaban J connectivity index is 2.04. The zero-order chi connectivity index (χ0) is 13.9. The normalized spacial score (nSPS) is 10.4. The molecule has 0 saturated heterocycles. The SMILES string of the molecule is COc1ccc(-c2nc(N)nc(-n3cccn3)n2)cc1. The van der Waals surface area contributed by atoms with Gasteiger partial charge in [-0.1, -0.05) is 0 Å². The number of aromatic nitrogens is 5. The van der Waals surface area contributed by atoms with E-state index in [0.29, 0.717) is 11.8 Å². The number of methoxy groups -OCH3 is 1. The lowest BCUT2D eigenvalue weighted by Gasteiger charge is -2.05. The van der Waals surface area contributed by atoms with Gasteiger partial charge in [-0.3, -0.25) is 0 Å². The molecular weight excluding hydrogens is 256 g/mol. The van der Waals surface area contributed by atoms with Gasteiger partial charge in [0, 0.05) is 18.0 Å². The van der Waals surface area contributed by atoms with Crippen molar-refractivity contribution in [2.24, 2.45) is 0 Å². The molecule has 1 aromatic carbocycles. The first-order valence-electron chi connectivity index (χ1n) is 5.92. The Kier molecular flexibility index (Phi) is 3.00. The lowest BCUT2D eigenvalue weighted by Crippen LogP contribution is -2.07. The predicted octanol–water partition coefficient (Wildman–Crippen LogP) is 1.32. The Bertz CT molecular complexity index is 708. The van der Waals surface area contributed by atoms with Crippen molar-refractivity contribution in [3.8, 4) is 23.1 Å². The summed E-state index contributed by atoms with van der Waals surface area (Å²) in [5.74, 6) is 1.79. The highest BCUT2D eigenvalue weighted by molar-refractivity contribution is 5.57. The van der Waals surface area contributed by atoms with Gasteiger partial charge in [-0.25, -0.2) is 4.68 Å². The lowest BCUT2D eigenvalue weighted by molar-refractivity contribution is 0.415. The zero-order valence-corrected chi connectivity index (χ0v) is 10.8. The summed E-state index contributed by atoms with van der Waals surface area (Å²) in [6.07, 6.45) is 3.39. The van der Waals surface area contributed by atoms with E-state index in [4.69, 9.17) is 10.5 Å².